The van der Waals surface area contributed by atoms with Gasteiger partial charge in [0.25, 0.3) is 0 Å². The van der Waals surface area contributed by atoms with Crippen LogP contribution in [0.15, 0.2) is 0 Å². The zero-order chi connectivity index (χ0) is 11.4. The average Bonchev–Trinajstić information content (AvgIpc) is 1.98. The van der Waals surface area contributed by atoms with Gasteiger partial charge in [-0.3, -0.25) is 0 Å². The van der Waals surface area contributed by atoms with Gasteiger partial charge in [0, 0.05) is 17.3 Å². The van der Waals surface area contributed by atoms with Gasteiger partial charge >= 0.3 is 6.18 Å². The summed E-state index contributed by atoms with van der Waals surface area (Å²) in [6.45, 7) is 6.16. The zero-order valence-corrected chi connectivity index (χ0v) is 9.85. The molecule has 0 aromatic heterocycles. The van der Waals surface area contributed by atoms with E-state index in [-0.39, 0.29) is 4.75 Å². The van der Waals surface area contributed by atoms with Crippen LogP contribution >= 0.6 is 11.8 Å². The van der Waals surface area contributed by atoms with Crippen molar-refractivity contribution in [2.45, 2.75) is 44.2 Å². The lowest BCUT2D eigenvalue weighted by Gasteiger charge is -2.25. The molecule has 14 heavy (non-hydrogen) atoms. The average molecular weight is 229 g/mol. The van der Waals surface area contributed by atoms with Gasteiger partial charge in [-0.25, -0.2) is 0 Å². The van der Waals surface area contributed by atoms with Gasteiger partial charge in [0.05, 0.1) is 6.42 Å². The highest BCUT2D eigenvalue weighted by molar-refractivity contribution is 7.99. The van der Waals surface area contributed by atoms with Crippen molar-refractivity contribution in [3.63, 3.8) is 0 Å². The number of nitrogens with one attached hydrogen (secondary N) is 1. The lowest BCUT2D eigenvalue weighted by Crippen LogP contribution is -2.39. The van der Waals surface area contributed by atoms with E-state index in [0.717, 1.165) is 0 Å². The van der Waals surface area contributed by atoms with E-state index in [0.29, 0.717) is 6.54 Å². The van der Waals surface area contributed by atoms with Crippen LogP contribution in [-0.4, -0.2) is 29.8 Å². The van der Waals surface area contributed by atoms with Crippen LogP contribution in [0.5, 0.6) is 0 Å². The van der Waals surface area contributed by atoms with Crippen molar-refractivity contribution < 1.29 is 13.2 Å². The summed E-state index contributed by atoms with van der Waals surface area (Å²) in [4.78, 5) is 0. The van der Waals surface area contributed by atoms with Gasteiger partial charge in [0.1, 0.15) is 0 Å². The monoisotopic (exact) mass is 229 g/mol. The Morgan fingerprint density at radius 3 is 2.14 bits per heavy atom. The molecule has 0 radical (unpaired) electrons. The van der Waals surface area contributed by atoms with Gasteiger partial charge in [0.2, 0.25) is 0 Å². The van der Waals surface area contributed by atoms with Crippen molar-refractivity contribution in [1.29, 1.82) is 0 Å². The molecule has 0 aliphatic heterocycles. The summed E-state index contributed by atoms with van der Waals surface area (Å²) in [6, 6.07) is -0.513. The van der Waals surface area contributed by atoms with Crippen molar-refractivity contribution in [1.82, 2.24) is 5.32 Å². The van der Waals surface area contributed by atoms with Crippen molar-refractivity contribution >= 4 is 11.8 Å². The van der Waals surface area contributed by atoms with Crippen LogP contribution in [0.25, 0.3) is 0 Å². The van der Waals surface area contributed by atoms with E-state index < -0.39 is 18.6 Å². The second-order valence-corrected chi connectivity index (χ2v) is 5.58. The molecule has 0 aromatic carbocycles. The molecule has 0 saturated heterocycles. The van der Waals surface area contributed by atoms with Crippen molar-refractivity contribution in [2.75, 3.05) is 12.8 Å². The Bertz CT molecular complexity index is 168. The Kier molecular flexibility index (Phi) is 5.30. The standard InChI is InChI=1S/C9H18F3NS/c1-7(5-9(10,11)12)13-6-8(2,3)14-4/h7,13H,5-6H2,1-4H3. The van der Waals surface area contributed by atoms with E-state index in [2.05, 4.69) is 5.32 Å². The molecule has 0 fully saturated rings. The molecular formula is C9H18F3NS. The molecule has 0 bridgehead atoms. The second kappa shape index (κ2) is 5.26. The van der Waals surface area contributed by atoms with Gasteiger partial charge in [-0.15, -0.1) is 0 Å². The van der Waals surface area contributed by atoms with Gasteiger partial charge in [0.15, 0.2) is 0 Å². The third-order valence-electron chi connectivity index (χ3n) is 1.97. The summed E-state index contributed by atoms with van der Waals surface area (Å²) in [5, 5.41) is 2.89. The van der Waals surface area contributed by atoms with Crippen LogP contribution in [-0.2, 0) is 0 Å². The largest absolute Gasteiger partial charge is 0.390 e. The lowest BCUT2D eigenvalue weighted by molar-refractivity contribution is -0.139. The summed E-state index contributed by atoms with van der Waals surface area (Å²) >= 11 is 1.64. The van der Waals surface area contributed by atoms with Crippen molar-refractivity contribution in [2.24, 2.45) is 0 Å². The normalized spacial score (nSPS) is 15.6. The first-order valence-corrected chi connectivity index (χ1v) is 5.74. The fourth-order valence-electron chi connectivity index (χ4n) is 0.912. The van der Waals surface area contributed by atoms with E-state index in [1.807, 2.05) is 20.1 Å². The smallest absolute Gasteiger partial charge is 0.313 e. The Morgan fingerprint density at radius 2 is 1.79 bits per heavy atom. The van der Waals surface area contributed by atoms with E-state index in [1.165, 1.54) is 0 Å². The first-order valence-electron chi connectivity index (χ1n) is 4.51. The summed E-state index contributed by atoms with van der Waals surface area (Å²) < 4.78 is 35.9. The third-order valence-corrected chi connectivity index (χ3v) is 3.22. The number of halogens is 3. The summed E-state index contributed by atoms with van der Waals surface area (Å²) in [7, 11) is 0. The molecule has 0 spiro atoms. The number of thioether (sulfide) groups is 1. The van der Waals surface area contributed by atoms with Crippen LogP contribution in [0, 0.1) is 0 Å². The first kappa shape index (κ1) is 14.1. The Morgan fingerprint density at radius 1 is 1.29 bits per heavy atom. The SMILES string of the molecule is CSC(C)(C)CNC(C)CC(F)(F)F. The number of hydrogen-bond donors (Lipinski definition) is 1. The molecule has 0 saturated carbocycles. The molecule has 0 amide bonds. The minimum atomic E-state index is -4.07. The van der Waals surface area contributed by atoms with Crippen molar-refractivity contribution in [3.05, 3.63) is 0 Å². The van der Waals surface area contributed by atoms with Crippen LogP contribution < -0.4 is 5.32 Å². The zero-order valence-electron chi connectivity index (χ0n) is 9.03. The van der Waals surface area contributed by atoms with E-state index in [9.17, 15) is 13.2 Å². The quantitative estimate of drug-likeness (QED) is 0.777. The Hall–Kier alpha value is 0.100. The van der Waals surface area contributed by atoms with Gasteiger partial charge < -0.3 is 5.32 Å². The van der Waals surface area contributed by atoms with Gasteiger partial charge in [-0.1, -0.05) is 0 Å². The van der Waals surface area contributed by atoms with Crippen LogP contribution in [0.4, 0.5) is 13.2 Å². The molecule has 1 atom stereocenters. The summed E-state index contributed by atoms with van der Waals surface area (Å²) in [5.41, 5.74) is 0. The Balaban J connectivity index is 3.80. The van der Waals surface area contributed by atoms with Crippen LogP contribution in [0.1, 0.15) is 27.2 Å². The minimum absolute atomic E-state index is 0.0140. The topological polar surface area (TPSA) is 12.0 Å². The molecule has 5 heteroatoms. The van der Waals surface area contributed by atoms with Crippen LogP contribution in [0.3, 0.4) is 0 Å². The van der Waals surface area contributed by atoms with Gasteiger partial charge in [-0.05, 0) is 27.0 Å². The molecule has 1 N–H and O–H groups in total. The summed E-state index contributed by atoms with van der Waals surface area (Å²) in [6.07, 6.45) is -2.89. The molecule has 0 aromatic rings. The maximum atomic E-state index is 12.0. The predicted molar refractivity (Wildman–Crippen MR) is 55.7 cm³/mol. The predicted octanol–water partition coefficient (Wildman–Crippen LogP) is 3.06. The van der Waals surface area contributed by atoms with E-state index in [4.69, 9.17) is 0 Å². The third kappa shape index (κ3) is 7.50. The summed E-state index contributed by atoms with van der Waals surface area (Å²) in [5.74, 6) is 0. The van der Waals surface area contributed by atoms with Crippen molar-refractivity contribution in [3.8, 4) is 0 Å². The van der Waals surface area contributed by atoms with Crippen LogP contribution in [0.2, 0.25) is 0 Å². The fraction of sp³-hybridized carbons (Fsp3) is 1.00. The first-order chi connectivity index (χ1) is 6.16. The number of rotatable bonds is 5. The molecule has 0 aliphatic carbocycles. The highest BCUT2D eigenvalue weighted by Crippen LogP contribution is 2.23. The lowest BCUT2D eigenvalue weighted by atomic mass is 10.1. The fourth-order valence-corrected chi connectivity index (χ4v) is 1.14. The molecule has 0 rings (SSSR count). The minimum Gasteiger partial charge on any atom is -0.313 e. The van der Waals surface area contributed by atoms with E-state index >= 15 is 0 Å². The molecule has 0 heterocycles. The van der Waals surface area contributed by atoms with E-state index in [1.54, 1.807) is 18.7 Å². The highest BCUT2D eigenvalue weighted by Gasteiger charge is 2.30. The number of hydrogen-bond acceptors (Lipinski definition) is 2. The van der Waals surface area contributed by atoms with Gasteiger partial charge in [-0.2, -0.15) is 24.9 Å². The number of alkyl halides is 3. The molecule has 1 nitrogen and oxygen atoms in total. The molecule has 86 valence electrons. The highest BCUT2D eigenvalue weighted by atomic mass is 32.2. The Labute approximate surface area is 87.8 Å². The maximum absolute atomic E-state index is 12.0. The second-order valence-electron chi connectivity index (χ2n) is 4.07. The maximum Gasteiger partial charge on any atom is 0.390 e. The molecule has 0 aliphatic rings. The molecular weight excluding hydrogens is 211 g/mol. The molecule has 1 unspecified atom stereocenters.